The number of amides is 1. The van der Waals surface area contributed by atoms with Crippen LogP contribution >= 0.6 is 0 Å². The summed E-state index contributed by atoms with van der Waals surface area (Å²) in [5, 5.41) is 8.93. The number of benzene rings is 1. The van der Waals surface area contributed by atoms with Crippen LogP contribution in [0.4, 0.5) is 11.4 Å². The Morgan fingerprint density at radius 2 is 2.06 bits per heavy atom. The zero-order valence-electron chi connectivity index (χ0n) is 10.3. The van der Waals surface area contributed by atoms with Gasteiger partial charge in [0.15, 0.2) is 0 Å². The molecule has 1 aliphatic heterocycles. The van der Waals surface area contributed by atoms with Crippen LogP contribution in [0.15, 0.2) is 18.2 Å². The quantitative estimate of drug-likeness (QED) is 0.737. The van der Waals surface area contributed by atoms with E-state index in [1.165, 1.54) is 0 Å². The van der Waals surface area contributed by atoms with E-state index in [0.717, 1.165) is 11.4 Å². The summed E-state index contributed by atoms with van der Waals surface area (Å²) >= 11 is 0. The van der Waals surface area contributed by atoms with Gasteiger partial charge in [0.1, 0.15) is 0 Å². The van der Waals surface area contributed by atoms with Crippen LogP contribution in [0.1, 0.15) is 19.4 Å². The minimum absolute atomic E-state index is 0.0742. The maximum Gasteiger partial charge on any atom is 0.246 e. The van der Waals surface area contributed by atoms with Crippen molar-refractivity contribution in [3.63, 3.8) is 0 Å². The van der Waals surface area contributed by atoms with E-state index < -0.39 is 0 Å². The Bertz CT molecular complexity index is 502. The molecule has 0 unspecified atom stereocenters. The molecule has 1 amide bonds. The second-order valence-corrected chi connectivity index (χ2v) is 4.53. The summed E-state index contributed by atoms with van der Waals surface area (Å²) < 4.78 is 0. The summed E-state index contributed by atoms with van der Waals surface area (Å²) in [5.41, 5.74) is 2.41. The lowest BCUT2D eigenvalue weighted by Crippen LogP contribution is -2.47. The molecule has 0 N–H and O–H groups in total. The molecule has 0 aromatic heterocycles. The van der Waals surface area contributed by atoms with Crippen LogP contribution in [0.2, 0.25) is 0 Å². The Labute approximate surface area is 101 Å². The number of anilines is 2. The molecule has 0 fully saturated rings. The monoisotopic (exact) mass is 229 g/mol. The number of nitrogens with zero attached hydrogens (tertiary/aromatic N) is 3. The highest BCUT2D eigenvalue weighted by molar-refractivity contribution is 6.03. The van der Waals surface area contributed by atoms with E-state index in [2.05, 4.69) is 6.07 Å². The number of carbonyl (C=O) groups excluding carboxylic acids is 1. The number of nitriles is 1. The van der Waals surface area contributed by atoms with Gasteiger partial charge in [0.2, 0.25) is 5.91 Å². The zero-order chi connectivity index (χ0) is 12.6. The van der Waals surface area contributed by atoms with E-state index in [0.29, 0.717) is 12.1 Å². The number of hydrogen-bond acceptors (Lipinski definition) is 3. The number of likely N-dealkylation sites (N-methyl/N-ethyl adjacent to an activating group) is 1. The lowest BCUT2D eigenvalue weighted by Gasteiger charge is -2.37. The van der Waals surface area contributed by atoms with Crippen LogP contribution in [0.25, 0.3) is 0 Å². The van der Waals surface area contributed by atoms with Gasteiger partial charge in [-0.1, -0.05) is 0 Å². The number of carbonyl (C=O) groups is 1. The molecule has 0 atom stereocenters. The standard InChI is InChI=1S/C13H15N3O/c1-9(2)16-12-6-10(7-14)4-5-11(12)15(3)8-13(16)17/h4-6,9H,8H2,1-3H3. The normalized spacial score (nSPS) is 14.9. The highest BCUT2D eigenvalue weighted by Crippen LogP contribution is 2.34. The molecule has 0 spiro atoms. The zero-order valence-corrected chi connectivity index (χ0v) is 10.3. The highest BCUT2D eigenvalue weighted by atomic mass is 16.2. The molecule has 2 rings (SSSR count). The molecule has 17 heavy (non-hydrogen) atoms. The molecule has 0 bridgehead atoms. The number of hydrogen-bond donors (Lipinski definition) is 0. The minimum Gasteiger partial charge on any atom is -0.364 e. The molecule has 0 saturated carbocycles. The number of fused-ring (bicyclic) bond motifs is 1. The predicted molar refractivity (Wildman–Crippen MR) is 67.0 cm³/mol. The van der Waals surface area contributed by atoms with E-state index in [1.54, 1.807) is 17.0 Å². The van der Waals surface area contributed by atoms with Gasteiger partial charge in [-0.25, -0.2) is 0 Å². The first-order valence-corrected chi connectivity index (χ1v) is 5.62. The van der Waals surface area contributed by atoms with E-state index in [1.807, 2.05) is 31.9 Å². The first-order valence-electron chi connectivity index (χ1n) is 5.62. The smallest absolute Gasteiger partial charge is 0.246 e. The van der Waals surface area contributed by atoms with Crippen molar-refractivity contribution in [1.29, 1.82) is 5.26 Å². The second kappa shape index (κ2) is 4.10. The number of rotatable bonds is 1. The maximum absolute atomic E-state index is 12.0. The molecule has 0 saturated heterocycles. The Hall–Kier alpha value is -2.02. The van der Waals surface area contributed by atoms with Crippen LogP contribution in [0.3, 0.4) is 0 Å². The lowest BCUT2D eigenvalue weighted by atomic mass is 10.1. The van der Waals surface area contributed by atoms with Gasteiger partial charge in [0.25, 0.3) is 0 Å². The van der Waals surface area contributed by atoms with Gasteiger partial charge in [-0.2, -0.15) is 5.26 Å². The summed E-state index contributed by atoms with van der Waals surface area (Å²) in [6.07, 6.45) is 0. The Morgan fingerprint density at radius 3 is 2.65 bits per heavy atom. The van der Waals surface area contributed by atoms with Crippen LogP contribution < -0.4 is 9.80 Å². The summed E-state index contributed by atoms with van der Waals surface area (Å²) in [5.74, 6) is 0.0742. The van der Waals surface area contributed by atoms with Crippen molar-refractivity contribution >= 4 is 17.3 Å². The van der Waals surface area contributed by atoms with Crippen molar-refractivity contribution in [2.75, 3.05) is 23.4 Å². The minimum atomic E-state index is 0.0742. The third kappa shape index (κ3) is 1.84. The molecule has 4 heteroatoms. The van der Waals surface area contributed by atoms with E-state index in [4.69, 9.17) is 5.26 Å². The largest absolute Gasteiger partial charge is 0.364 e. The van der Waals surface area contributed by atoms with Crippen LogP contribution in [0, 0.1) is 11.3 Å². The third-order valence-electron chi connectivity index (χ3n) is 2.93. The molecule has 88 valence electrons. The first kappa shape index (κ1) is 11.5. The van der Waals surface area contributed by atoms with Crippen molar-refractivity contribution in [3.05, 3.63) is 23.8 Å². The molecule has 0 aliphatic carbocycles. The Morgan fingerprint density at radius 1 is 1.35 bits per heavy atom. The van der Waals surface area contributed by atoms with Crippen molar-refractivity contribution < 1.29 is 4.79 Å². The predicted octanol–water partition coefficient (Wildman–Crippen LogP) is 1.75. The van der Waals surface area contributed by atoms with Gasteiger partial charge >= 0.3 is 0 Å². The molecule has 1 heterocycles. The molecule has 1 aromatic rings. The molecule has 1 aromatic carbocycles. The van der Waals surface area contributed by atoms with E-state index >= 15 is 0 Å². The lowest BCUT2D eigenvalue weighted by molar-refractivity contribution is -0.117. The van der Waals surface area contributed by atoms with E-state index in [-0.39, 0.29) is 11.9 Å². The topological polar surface area (TPSA) is 47.3 Å². The van der Waals surface area contributed by atoms with Crippen LogP contribution in [-0.2, 0) is 4.79 Å². The molecular formula is C13H15N3O. The van der Waals surface area contributed by atoms with Crippen molar-refractivity contribution in [2.45, 2.75) is 19.9 Å². The van der Waals surface area contributed by atoms with Gasteiger partial charge in [0.05, 0.1) is 29.6 Å². The summed E-state index contributed by atoms with van der Waals surface area (Å²) in [6, 6.07) is 7.67. The first-order chi connectivity index (χ1) is 8.04. The summed E-state index contributed by atoms with van der Waals surface area (Å²) in [4.78, 5) is 15.7. The molecular weight excluding hydrogens is 214 g/mol. The van der Waals surface area contributed by atoms with Crippen molar-refractivity contribution in [3.8, 4) is 6.07 Å². The maximum atomic E-state index is 12.0. The Balaban J connectivity index is 2.59. The SMILES string of the molecule is CC(C)N1C(=O)CN(C)c2ccc(C#N)cc21. The van der Waals surface area contributed by atoms with Crippen molar-refractivity contribution in [1.82, 2.24) is 0 Å². The third-order valence-corrected chi connectivity index (χ3v) is 2.93. The average molecular weight is 229 g/mol. The summed E-state index contributed by atoms with van der Waals surface area (Å²) in [6.45, 7) is 4.34. The Kier molecular flexibility index (Phi) is 2.76. The van der Waals surface area contributed by atoms with Gasteiger partial charge in [-0.3, -0.25) is 4.79 Å². The molecule has 4 nitrogen and oxygen atoms in total. The molecule has 1 aliphatic rings. The van der Waals surface area contributed by atoms with Gasteiger partial charge in [-0.15, -0.1) is 0 Å². The average Bonchev–Trinajstić information content (AvgIpc) is 2.27. The van der Waals surface area contributed by atoms with Gasteiger partial charge in [0, 0.05) is 13.1 Å². The fourth-order valence-electron chi connectivity index (χ4n) is 2.17. The highest BCUT2D eigenvalue weighted by Gasteiger charge is 2.29. The van der Waals surface area contributed by atoms with Crippen LogP contribution in [-0.4, -0.2) is 25.5 Å². The van der Waals surface area contributed by atoms with Crippen LogP contribution in [0.5, 0.6) is 0 Å². The van der Waals surface area contributed by atoms with Crippen molar-refractivity contribution in [2.24, 2.45) is 0 Å². The van der Waals surface area contributed by atoms with Gasteiger partial charge < -0.3 is 9.80 Å². The summed E-state index contributed by atoms with van der Waals surface area (Å²) in [7, 11) is 1.89. The molecule has 0 radical (unpaired) electrons. The second-order valence-electron chi connectivity index (χ2n) is 4.53. The van der Waals surface area contributed by atoms with Gasteiger partial charge in [-0.05, 0) is 32.0 Å². The van der Waals surface area contributed by atoms with E-state index in [9.17, 15) is 4.79 Å². The fourth-order valence-corrected chi connectivity index (χ4v) is 2.17. The fraction of sp³-hybridized carbons (Fsp3) is 0.385.